The minimum Gasteiger partial charge on any atom is -0.496 e. The Morgan fingerprint density at radius 2 is 1.90 bits per heavy atom. The SMILES string of the molecule is COc1ccccc1CN1CCc2nc(SCc3c(C)cc(C)cc3C)[nH]c(=O)c2C1. The normalized spacial score (nSPS) is 13.8. The van der Waals surface area contributed by atoms with Crippen molar-refractivity contribution in [3.05, 3.63) is 85.8 Å². The molecule has 0 aliphatic carbocycles. The van der Waals surface area contributed by atoms with Gasteiger partial charge >= 0.3 is 0 Å². The average molecular weight is 436 g/mol. The minimum absolute atomic E-state index is 0.0189. The Bertz CT molecular complexity index is 1130. The van der Waals surface area contributed by atoms with Gasteiger partial charge in [-0.15, -0.1) is 0 Å². The zero-order chi connectivity index (χ0) is 22.0. The van der Waals surface area contributed by atoms with Crippen molar-refractivity contribution >= 4 is 11.8 Å². The maximum absolute atomic E-state index is 12.8. The van der Waals surface area contributed by atoms with E-state index in [-0.39, 0.29) is 5.56 Å². The highest BCUT2D eigenvalue weighted by molar-refractivity contribution is 7.98. The molecule has 0 spiro atoms. The molecule has 6 heteroatoms. The third-order valence-corrected chi connectivity index (χ3v) is 6.81. The molecular formula is C25H29N3O2S. The molecule has 0 radical (unpaired) electrons. The second-order valence-electron chi connectivity index (χ2n) is 8.23. The Labute approximate surface area is 187 Å². The molecule has 3 aromatic rings. The summed E-state index contributed by atoms with van der Waals surface area (Å²) >= 11 is 1.61. The summed E-state index contributed by atoms with van der Waals surface area (Å²) in [5, 5.41) is 0.710. The molecule has 1 aromatic heterocycles. The summed E-state index contributed by atoms with van der Waals surface area (Å²) in [6, 6.07) is 12.5. The number of aromatic nitrogens is 2. The van der Waals surface area contributed by atoms with Crippen molar-refractivity contribution < 1.29 is 4.74 Å². The monoisotopic (exact) mass is 435 g/mol. The molecule has 0 unspecified atom stereocenters. The van der Waals surface area contributed by atoms with Crippen LogP contribution in [0.1, 0.15) is 39.1 Å². The number of para-hydroxylation sites is 1. The van der Waals surface area contributed by atoms with Crippen LogP contribution in [0.3, 0.4) is 0 Å². The number of nitrogens with zero attached hydrogens (tertiary/aromatic N) is 2. The zero-order valence-electron chi connectivity index (χ0n) is 18.6. The first-order valence-corrected chi connectivity index (χ1v) is 11.6. The number of benzene rings is 2. The van der Waals surface area contributed by atoms with E-state index in [0.717, 1.165) is 47.8 Å². The number of hydrogen-bond acceptors (Lipinski definition) is 5. The highest BCUT2D eigenvalue weighted by Crippen LogP contribution is 2.27. The van der Waals surface area contributed by atoms with E-state index in [1.54, 1.807) is 18.9 Å². The van der Waals surface area contributed by atoms with Crippen LogP contribution in [0.15, 0.2) is 46.3 Å². The molecule has 5 nitrogen and oxygen atoms in total. The van der Waals surface area contributed by atoms with Crippen molar-refractivity contribution in [1.29, 1.82) is 0 Å². The molecule has 1 N–H and O–H groups in total. The fourth-order valence-corrected chi connectivity index (χ4v) is 5.39. The van der Waals surface area contributed by atoms with Gasteiger partial charge in [-0.05, 0) is 43.5 Å². The number of thioether (sulfide) groups is 1. The lowest BCUT2D eigenvalue weighted by Crippen LogP contribution is -2.35. The van der Waals surface area contributed by atoms with Gasteiger partial charge in [-0.1, -0.05) is 47.7 Å². The van der Waals surface area contributed by atoms with Crippen LogP contribution < -0.4 is 10.3 Å². The number of H-pyrrole nitrogens is 1. The van der Waals surface area contributed by atoms with Gasteiger partial charge in [-0.25, -0.2) is 4.98 Å². The van der Waals surface area contributed by atoms with Crippen LogP contribution in [-0.2, 0) is 25.3 Å². The predicted molar refractivity (Wildman–Crippen MR) is 126 cm³/mol. The lowest BCUT2D eigenvalue weighted by Gasteiger charge is -2.28. The van der Waals surface area contributed by atoms with E-state index in [2.05, 4.69) is 48.9 Å². The smallest absolute Gasteiger partial charge is 0.256 e. The van der Waals surface area contributed by atoms with Gasteiger partial charge in [-0.2, -0.15) is 0 Å². The molecule has 31 heavy (non-hydrogen) atoms. The molecule has 0 saturated heterocycles. The molecule has 4 rings (SSSR count). The Kier molecular flexibility index (Phi) is 6.49. The van der Waals surface area contributed by atoms with Gasteiger partial charge in [0.1, 0.15) is 5.75 Å². The molecule has 0 fully saturated rings. The van der Waals surface area contributed by atoms with Gasteiger partial charge in [-0.3, -0.25) is 9.69 Å². The van der Waals surface area contributed by atoms with Crippen LogP contribution in [0.25, 0.3) is 0 Å². The first-order chi connectivity index (χ1) is 14.9. The van der Waals surface area contributed by atoms with Gasteiger partial charge < -0.3 is 9.72 Å². The van der Waals surface area contributed by atoms with Crippen LogP contribution >= 0.6 is 11.8 Å². The van der Waals surface area contributed by atoms with E-state index in [0.29, 0.717) is 11.7 Å². The van der Waals surface area contributed by atoms with Gasteiger partial charge in [0.25, 0.3) is 5.56 Å². The third kappa shape index (κ3) is 4.86. The number of fused-ring (bicyclic) bond motifs is 1. The average Bonchev–Trinajstić information content (AvgIpc) is 2.74. The van der Waals surface area contributed by atoms with Crippen LogP contribution in [0, 0.1) is 20.8 Å². The van der Waals surface area contributed by atoms with Crippen molar-refractivity contribution in [2.45, 2.75) is 51.2 Å². The lowest BCUT2D eigenvalue weighted by molar-refractivity contribution is 0.237. The van der Waals surface area contributed by atoms with Gasteiger partial charge in [0.05, 0.1) is 18.4 Å². The molecule has 1 aliphatic rings. The maximum atomic E-state index is 12.8. The molecule has 0 atom stereocenters. The quantitative estimate of drug-likeness (QED) is 0.455. The standard InChI is InChI=1S/C25H29N3O2S/c1-16-11-17(2)21(18(3)12-16)15-31-25-26-22-9-10-28(14-20(22)24(29)27-25)13-19-7-5-6-8-23(19)30-4/h5-8,11-12H,9-10,13-15H2,1-4H3,(H,26,27,29). The topological polar surface area (TPSA) is 58.2 Å². The second-order valence-corrected chi connectivity index (χ2v) is 9.20. The van der Waals surface area contributed by atoms with E-state index >= 15 is 0 Å². The number of ether oxygens (including phenoxy) is 1. The maximum Gasteiger partial charge on any atom is 0.256 e. The van der Waals surface area contributed by atoms with E-state index in [1.807, 2.05) is 18.2 Å². The van der Waals surface area contributed by atoms with E-state index in [1.165, 1.54) is 22.3 Å². The van der Waals surface area contributed by atoms with Crippen LogP contribution in [0.2, 0.25) is 0 Å². The molecular weight excluding hydrogens is 406 g/mol. The first-order valence-electron chi connectivity index (χ1n) is 10.6. The highest BCUT2D eigenvalue weighted by Gasteiger charge is 2.22. The molecule has 1 aliphatic heterocycles. The summed E-state index contributed by atoms with van der Waals surface area (Å²) in [4.78, 5) is 22.9. The summed E-state index contributed by atoms with van der Waals surface area (Å²) < 4.78 is 5.47. The van der Waals surface area contributed by atoms with Crippen LogP contribution in [-0.4, -0.2) is 28.5 Å². The van der Waals surface area contributed by atoms with Gasteiger partial charge in [0.15, 0.2) is 5.16 Å². The van der Waals surface area contributed by atoms with Crippen molar-refractivity contribution in [3.8, 4) is 5.75 Å². The minimum atomic E-state index is -0.0189. The summed E-state index contributed by atoms with van der Waals surface area (Å²) in [6.07, 6.45) is 0.782. The van der Waals surface area contributed by atoms with E-state index in [4.69, 9.17) is 9.72 Å². The Balaban J connectivity index is 1.48. The summed E-state index contributed by atoms with van der Waals surface area (Å²) in [5.74, 6) is 1.69. The van der Waals surface area contributed by atoms with Crippen molar-refractivity contribution in [1.82, 2.24) is 14.9 Å². The Morgan fingerprint density at radius 1 is 1.16 bits per heavy atom. The van der Waals surface area contributed by atoms with E-state index < -0.39 is 0 Å². The van der Waals surface area contributed by atoms with Crippen molar-refractivity contribution in [2.24, 2.45) is 0 Å². The van der Waals surface area contributed by atoms with Crippen LogP contribution in [0.4, 0.5) is 0 Å². The summed E-state index contributed by atoms with van der Waals surface area (Å²) in [5.41, 5.74) is 8.01. The number of methoxy groups -OCH3 is 1. The lowest BCUT2D eigenvalue weighted by atomic mass is 10.0. The number of hydrogen-bond donors (Lipinski definition) is 1. The predicted octanol–water partition coefficient (Wildman–Crippen LogP) is 4.55. The van der Waals surface area contributed by atoms with Crippen molar-refractivity contribution in [3.63, 3.8) is 0 Å². The molecule has 0 amide bonds. The Hall–Kier alpha value is -2.57. The first kappa shape index (κ1) is 21.7. The zero-order valence-corrected chi connectivity index (χ0v) is 19.4. The third-order valence-electron chi connectivity index (χ3n) is 5.91. The number of aromatic amines is 1. The van der Waals surface area contributed by atoms with E-state index in [9.17, 15) is 4.79 Å². The second kappa shape index (κ2) is 9.28. The fourth-order valence-electron chi connectivity index (χ4n) is 4.31. The summed E-state index contributed by atoms with van der Waals surface area (Å²) in [6.45, 7) is 8.66. The molecule has 2 heterocycles. The molecule has 0 bridgehead atoms. The number of rotatable bonds is 6. The summed E-state index contributed by atoms with van der Waals surface area (Å²) in [7, 11) is 1.69. The van der Waals surface area contributed by atoms with Gasteiger partial charge in [0, 0.05) is 37.4 Å². The fraction of sp³-hybridized carbons (Fsp3) is 0.360. The van der Waals surface area contributed by atoms with Gasteiger partial charge in [0.2, 0.25) is 0 Å². The Morgan fingerprint density at radius 3 is 2.65 bits per heavy atom. The highest BCUT2D eigenvalue weighted by atomic mass is 32.2. The van der Waals surface area contributed by atoms with Crippen molar-refractivity contribution in [2.75, 3.05) is 13.7 Å². The largest absolute Gasteiger partial charge is 0.496 e. The molecule has 2 aromatic carbocycles. The van der Waals surface area contributed by atoms with Crippen LogP contribution in [0.5, 0.6) is 5.75 Å². The number of aryl methyl sites for hydroxylation is 3. The molecule has 162 valence electrons. The molecule has 0 saturated carbocycles. The number of nitrogens with one attached hydrogen (secondary N) is 1.